The van der Waals surface area contributed by atoms with Gasteiger partial charge in [0.1, 0.15) is 5.82 Å². The van der Waals surface area contributed by atoms with Crippen molar-refractivity contribution in [3.8, 4) is 0 Å². The van der Waals surface area contributed by atoms with Crippen LogP contribution in [0.2, 0.25) is 0 Å². The van der Waals surface area contributed by atoms with Crippen LogP contribution in [0.3, 0.4) is 0 Å². The van der Waals surface area contributed by atoms with Gasteiger partial charge in [-0.1, -0.05) is 69.4 Å². The number of aromatic amines is 1. The highest BCUT2D eigenvalue weighted by Crippen LogP contribution is 2.33. The molecular weight excluding hydrogens is 500 g/mol. The Morgan fingerprint density at radius 2 is 1.73 bits per heavy atom. The summed E-state index contributed by atoms with van der Waals surface area (Å²) in [5, 5.41) is 11.7. The normalized spacial score (nSPS) is 17.9. The molecule has 5 rings (SSSR count). The molecule has 2 aliphatic rings. The first kappa shape index (κ1) is 29.8. The summed E-state index contributed by atoms with van der Waals surface area (Å²) in [6.07, 6.45) is 14.0. The van der Waals surface area contributed by atoms with Gasteiger partial charge < -0.3 is 20.3 Å². The smallest absolute Gasteiger partial charge is 0.310 e. The highest BCUT2D eigenvalue weighted by atomic mass is 16.4. The number of likely N-dealkylation sites (tertiary alicyclic amines) is 1. The van der Waals surface area contributed by atoms with Gasteiger partial charge in [-0.15, -0.1) is 0 Å². The van der Waals surface area contributed by atoms with Crippen molar-refractivity contribution in [3.05, 3.63) is 59.8 Å². The number of hydrogen-bond donors (Lipinski definition) is 3. The zero-order chi connectivity index (χ0) is 28.3. The molecule has 0 radical (unpaired) electrons. The Morgan fingerprint density at radius 1 is 1.02 bits per heavy atom. The van der Waals surface area contributed by atoms with Crippen molar-refractivity contribution in [2.24, 2.45) is 5.92 Å². The minimum Gasteiger partial charge on any atom is -0.481 e. The summed E-state index contributed by atoms with van der Waals surface area (Å²) in [6, 6.07) is 13.2. The lowest BCUT2D eigenvalue weighted by atomic mass is 9.90. The molecule has 7 heteroatoms. The van der Waals surface area contributed by atoms with Gasteiger partial charge in [0, 0.05) is 12.1 Å². The Kier molecular flexibility index (Phi) is 11.2. The summed E-state index contributed by atoms with van der Waals surface area (Å²) in [6.45, 7) is 7.52. The fourth-order valence-electron chi connectivity index (χ4n) is 5.90. The number of H-pyrrole nitrogens is 1. The topological polar surface area (TPSA) is 98.3 Å². The van der Waals surface area contributed by atoms with E-state index in [1.807, 2.05) is 36.4 Å². The van der Waals surface area contributed by atoms with Crippen LogP contribution in [0, 0.1) is 5.92 Å². The summed E-state index contributed by atoms with van der Waals surface area (Å²) in [4.78, 5) is 34.1. The number of aromatic nitrogens is 2. The van der Waals surface area contributed by atoms with Crippen molar-refractivity contribution in [3.63, 3.8) is 0 Å². The maximum atomic E-state index is 12.7. The summed E-state index contributed by atoms with van der Waals surface area (Å²) in [5.74, 6) is 0.371. The number of unbranched alkanes of at least 4 members (excludes halogenated alkanes) is 1. The van der Waals surface area contributed by atoms with Crippen LogP contribution in [-0.2, 0) is 9.59 Å². The van der Waals surface area contributed by atoms with E-state index in [0.717, 1.165) is 29.4 Å². The van der Waals surface area contributed by atoms with Crippen molar-refractivity contribution in [1.29, 1.82) is 0 Å². The van der Waals surface area contributed by atoms with Crippen molar-refractivity contribution >= 4 is 28.7 Å². The first-order valence-electron chi connectivity index (χ1n) is 15.2. The molecule has 216 valence electrons. The highest BCUT2D eigenvalue weighted by Gasteiger charge is 2.24. The number of carbonyl (C=O) groups excluding carboxylic acids is 1. The van der Waals surface area contributed by atoms with Crippen LogP contribution < -0.4 is 5.32 Å². The number of carboxylic acid groups (broad SMARTS) is 1. The molecule has 1 aromatic carbocycles. The second kappa shape index (κ2) is 15.0. The third-order valence-corrected chi connectivity index (χ3v) is 8.55. The quantitative estimate of drug-likeness (QED) is 0.257. The lowest BCUT2D eigenvalue weighted by molar-refractivity contribution is -0.138. The van der Waals surface area contributed by atoms with Crippen LogP contribution in [0.1, 0.15) is 101 Å². The number of rotatable bonds is 8. The van der Waals surface area contributed by atoms with E-state index in [9.17, 15) is 9.59 Å². The van der Waals surface area contributed by atoms with E-state index < -0.39 is 11.9 Å². The molecule has 7 nitrogen and oxygen atoms in total. The van der Waals surface area contributed by atoms with E-state index in [0.29, 0.717) is 11.7 Å². The number of nitrogens with one attached hydrogen (secondary N) is 2. The van der Waals surface area contributed by atoms with Crippen molar-refractivity contribution in [1.82, 2.24) is 14.9 Å². The average molecular weight is 547 g/mol. The minimum atomic E-state index is -0.781. The molecule has 40 heavy (non-hydrogen) atoms. The second-order valence-electron chi connectivity index (χ2n) is 11.5. The predicted molar refractivity (Wildman–Crippen MR) is 162 cm³/mol. The zero-order valence-corrected chi connectivity index (χ0v) is 24.2. The molecule has 1 aliphatic heterocycles. The van der Waals surface area contributed by atoms with Crippen molar-refractivity contribution in [2.75, 3.05) is 25.0 Å². The van der Waals surface area contributed by atoms with Gasteiger partial charge in [-0.25, -0.2) is 4.98 Å². The molecule has 0 spiro atoms. The molecule has 1 aliphatic carbocycles. The first-order chi connectivity index (χ1) is 19.5. The molecular formula is C33H46N4O3. The van der Waals surface area contributed by atoms with Gasteiger partial charge in [-0.2, -0.15) is 0 Å². The molecule has 3 heterocycles. The number of piperidine rings is 1. The SMILES string of the molecule is CC(C(=O)O)c1ccccc1.CCCCN1CCC(c2c[nH]c3ccc(NC(=O)C4CCCCCC4)nc23)CC1. The Morgan fingerprint density at radius 3 is 2.38 bits per heavy atom. The van der Waals surface area contributed by atoms with Gasteiger partial charge in [0.2, 0.25) is 5.91 Å². The number of amides is 1. The maximum Gasteiger partial charge on any atom is 0.310 e. The number of anilines is 1. The number of aliphatic carboxylic acids is 1. The van der Waals surface area contributed by atoms with Crippen molar-refractivity contribution < 1.29 is 14.7 Å². The zero-order valence-electron chi connectivity index (χ0n) is 24.2. The number of benzene rings is 1. The van der Waals surface area contributed by atoms with Crippen molar-refractivity contribution in [2.45, 2.75) is 89.9 Å². The largest absolute Gasteiger partial charge is 0.481 e. The van der Waals surface area contributed by atoms with Crippen LogP contribution in [0.5, 0.6) is 0 Å². The predicted octanol–water partition coefficient (Wildman–Crippen LogP) is 7.33. The van der Waals surface area contributed by atoms with E-state index in [1.165, 1.54) is 76.6 Å². The number of carbonyl (C=O) groups is 2. The Balaban J connectivity index is 0.000000283. The molecule has 1 saturated carbocycles. The van der Waals surface area contributed by atoms with Crippen LogP contribution in [0.4, 0.5) is 5.82 Å². The molecule has 1 amide bonds. The van der Waals surface area contributed by atoms with Gasteiger partial charge in [0.05, 0.1) is 17.0 Å². The molecule has 1 atom stereocenters. The molecule has 0 bridgehead atoms. The van der Waals surface area contributed by atoms with Crippen LogP contribution in [0.25, 0.3) is 11.0 Å². The fraction of sp³-hybridized carbons (Fsp3) is 0.545. The lowest BCUT2D eigenvalue weighted by Crippen LogP contribution is -2.33. The van der Waals surface area contributed by atoms with Crippen LogP contribution >= 0.6 is 0 Å². The van der Waals surface area contributed by atoms with E-state index in [-0.39, 0.29) is 11.8 Å². The van der Waals surface area contributed by atoms with Gasteiger partial charge >= 0.3 is 5.97 Å². The van der Waals surface area contributed by atoms with Gasteiger partial charge in [-0.3, -0.25) is 9.59 Å². The monoisotopic (exact) mass is 546 g/mol. The van der Waals surface area contributed by atoms with E-state index >= 15 is 0 Å². The summed E-state index contributed by atoms with van der Waals surface area (Å²) >= 11 is 0. The van der Waals surface area contributed by atoms with Crippen LogP contribution in [0.15, 0.2) is 48.7 Å². The Hall–Kier alpha value is -3.19. The van der Waals surface area contributed by atoms with E-state index in [4.69, 9.17) is 10.1 Å². The fourth-order valence-corrected chi connectivity index (χ4v) is 5.90. The lowest BCUT2D eigenvalue weighted by Gasteiger charge is -2.31. The Bertz CT molecular complexity index is 1210. The number of carboxylic acids is 1. The molecule has 1 saturated heterocycles. The maximum absolute atomic E-state index is 12.7. The van der Waals surface area contributed by atoms with Gasteiger partial charge in [0.25, 0.3) is 0 Å². The van der Waals surface area contributed by atoms with Gasteiger partial charge in [-0.05, 0) is 87.8 Å². The van der Waals surface area contributed by atoms with Crippen LogP contribution in [-0.4, -0.2) is 51.5 Å². The van der Waals surface area contributed by atoms with Gasteiger partial charge in [0.15, 0.2) is 0 Å². The van der Waals surface area contributed by atoms with E-state index in [1.54, 1.807) is 6.92 Å². The third-order valence-electron chi connectivity index (χ3n) is 8.55. The minimum absolute atomic E-state index is 0.146. The second-order valence-corrected chi connectivity index (χ2v) is 11.5. The highest BCUT2D eigenvalue weighted by molar-refractivity contribution is 5.93. The molecule has 2 fully saturated rings. The number of pyridine rings is 1. The molecule has 3 aromatic rings. The standard InChI is InChI=1S/C24H36N4O.C9H10O2/c1-2-3-14-28-15-12-18(13-16-28)20-17-25-21-10-11-22(26-23(20)21)27-24(29)19-8-6-4-5-7-9-19;1-7(9(10)11)8-5-3-2-4-6-8/h10-11,17-19,25H,2-9,12-16H2,1H3,(H,26,27,29);2-7H,1H3,(H,10,11). The number of fused-ring (bicyclic) bond motifs is 1. The number of nitrogens with zero attached hydrogens (tertiary/aromatic N) is 2. The summed E-state index contributed by atoms with van der Waals surface area (Å²) in [7, 11) is 0. The molecule has 1 unspecified atom stereocenters. The third kappa shape index (κ3) is 8.17. The molecule has 3 N–H and O–H groups in total. The summed E-state index contributed by atoms with van der Waals surface area (Å²) < 4.78 is 0. The summed E-state index contributed by atoms with van der Waals surface area (Å²) in [5.41, 5.74) is 4.28. The number of hydrogen-bond acceptors (Lipinski definition) is 4. The molecule has 2 aromatic heterocycles. The average Bonchev–Trinajstić information content (AvgIpc) is 3.20. The first-order valence-corrected chi connectivity index (χ1v) is 15.2. The van der Waals surface area contributed by atoms with E-state index in [2.05, 4.69) is 34.4 Å². The Labute approximate surface area is 238 Å².